The van der Waals surface area contributed by atoms with Crippen LogP contribution in [-0.2, 0) is 19.5 Å². The van der Waals surface area contributed by atoms with E-state index in [0.29, 0.717) is 0 Å². The minimum atomic E-state index is 0.0517. The molecule has 104 valence electrons. The summed E-state index contributed by atoms with van der Waals surface area (Å²) >= 11 is 0. The molecular formula is C17H20N2O. The number of fused-ring (bicyclic) bond motifs is 1. The van der Waals surface area contributed by atoms with Crippen molar-refractivity contribution in [3.05, 3.63) is 65.2 Å². The SMILES string of the molecule is COc1ccc(C[C@@H](N)N2Cc3ccccc3C2)cc1. The van der Waals surface area contributed by atoms with Crippen LogP contribution in [0.4, 0.5) is 0 Å². The Bertz CT molecular complexity index is 555. The van der Waals surface area contributed by atoms with Crippen molar-refractivity contribution < 1.29 is 4.74 Å². The topological polar surface area (TPSA) is 38.5 Å². The second-order valence-electron chi connectivity index (χ2n) is 5.29. The van der Waals surface area contributed by atoms with Crippen molar-refractivity contribution in [3.63, 3.8) is 0 Å². The molecule has 1 atom stereocenters. The Morgan fingerprint density at radius 3 is 2.20 bits per heavy atom. The maximum Gasteiger partial charge on any atom is 0.118 e. The molecule has 0 aliphatic carbocycles. The van der Waals surface area contributed by atoms with Crippen LogP contribution < -0.4 is 10.5 Å². The summed E-state index contributed by atoms with van der Waals surface area (Å²) in [6, 6.07) is 16.7. The lowest BCUT2D eigenvalue weighted by Gasteiger charge is -2.23. The molecule has 0 saturated carbocycles. The molecule has 3 nitrogen and oxygen atoms in total. The van der Waals surface area contributed by atoms with Gasteiger partial charge in [0.15, 0.2) is 0 Å². The smallest absolute Gasteiger partial charge is 0.118 e. The number of hydrogen-bond acceptors (Lipinski definition) is 3. The summed E-state index contributed by atoms with van der Waals surface area (Å²) in [5.74, 6) is 0.885. The standard InChI is InChI=1S/C17H20N2O/c1-20-16-8-6-13(7-9-16)10-17(18)19-11-14-4-2-3-5-15(14)12-19/h2-9,17H,10-12,18H2,1H3/t17-/m0/s1. The lowest BCUT2D eigenvalue weighted by molar-refractivity contribution is 0.201. The summed E-state index contributed by atoms with van der Waals surface area (Å²) < 4.78 is 5.17. The molecule has 3 heteroatoms. The second kappa shape index (κ2) is 5.65. The number of nitrogens with zero attached hydrogens (tertiary/aromatic N) is 1. The van der Waals surface area contributed by atoms with Crippen LogP contribution in [0.25, 0.3) is 0 Å². The first-order chi connectivity index (χ1) is 9.76. The molecule has 0 unspecified atom stereocenters. The van der Waals surface area contributed by atoms with Gasteiger partial charge in [-0.25, -0.2) is 0 Å². The van der Waals surface area contributed by atoms with Crippen LogP contribution in [0.15, 0.2) is 48.5 Å². The van der Waals surface area contributed by atoms with Gasteiger partial charge in [-0.15, -0.1) is 0 Å². The van der Waals surface area contributed by atoms with Gasteiger partial charge in [-0.05, 0) is 28.8 Å². The molecule has 0 amide bonds. The zero-order chi connectivity index (χ0) is 13.9. The third-order valence-electron chi connectivity index (χ3n) is 3.94. The molecule has 1 aliphatic heterocycles. The molecule has 2 N–H and O–H groups in total. The number of nitrogens with two attached hydrogens (primary N) is 1. The largest absolute Gasteiger partial charge is 0.497 e. The number of benzene rings is 2. The third-order valence-corrected chi connectivity index (χ3v) is 3.94. The van der Waals surface area contributed by atoms with Gasteiger partial charge in [0.1, 0.15) is 5.75 Å². The fourth-order valence-corrected chi connectivity index (χ4v) is 2.73. The molecule has 3 rings (SSSR count). The molecular weight excluding hydrogens is 248 g/mol. The van der Waals surface area contributed by atoms with Gasteiger partial charge >= 0.3 is 0 Å². The number of ether oxygens (including phenoxy) is 1. The fraction of sp³-hybridized carbons (Fsp3) is 0.294. The van der Waals surface area contributed by atoms with Gasteiger partial charge in [0.2, 0.25) is 0 Å². The summed E-state index contributed by atoms with van der Waals surface area (Å²) in [4.78, 5) is 2.33. The van der Waals surface area contributed by atoms with E-state index < -0.39 is 0 Å². The van der Waals surface area contributed by atoms with E-state index in [1.807, 2.05) is 12.1 Å². The normalized spacial score (nSPS) is 15.9. The van der Waals surface area contributed by atoms with E-state index in [9.17, 15) is 0 Å². The van der Waals surface area contributed by atoms with Crippen molar-refractivity contribution in [3.8, 4) is 5.75 Å². The van der Waals surface area contributed by atoms with Crippen LogP contribution in [0.2, 0.25) is 0 Å². The van der Waals surface area contributed by atoms with E-state index in [1.54, 1.807) is 7.11 Å². The van der Waals surface area contributed by atoms with Crippen molar-refractivity contribution in [1.29, 1.82) is 0 Å². The van der Waals surface area contributed by atoms with Crippen molar-refractivity contribution in [1.82, 2.24) is 4.90 Å². The van der Waals surface area contributed by atoms with E-state index >= 15 is 0 Å². The number of hydrogen-bond donors (Lipinski definition) is 1. The Kier molecular flexibility index (Phi) is 3.72. The molecule has 0 radical (unpaired) electrons. The Morgan fingerprint density at radius 2 is 1.65 bits per heavy atom. The first-order valence-electron chi connectivity index (χ1n) is 6.95. The van der Waals surface area contributed by atoms with Gasteiger partial charge in [0, 0.05) is 19.5 Å². The minimum Gasteiger partial charge on any atom is -0.497 e. The first kappa shape index (κ1) is 13.2. The van der Waals surface area contributed by atoms with Crippen LogP contribution >= 0.6 is 0 Å². The zero-order valence-corrected chi connectivity index (χ0v) is 11.8. The van der Waals surface area contributed by atoms with E-state index in [0.717, 1.165) is 25.3 Å². The molecule has 2 aromatic rings. The maximum atomic E-state index is 6.36. The Morgan fingerprint density at radius 1 is 1.05 bits per heavy atom. The van der Waals surface area contributed by atoms with Gasteiger partial charge in [-0.1, -0.05) is 36.4 Å². The average Bonchev–Trinajstić information content (AvgIpc) is 2.92. The summed E-state index contributed by atoms with van der Waals surface area (Å²) in [7, 11) is 1.68. The third kappa shape index (κ3) is 2.69. The van der Waals surface area contributed by atoms with Crippen molar-refractivity contribution >= 4 is 0 Å². The van der Waals surface area contributed by atoms with Gasteiger partial charge in [0.25, 0.3) is 0 Å². The van der Waals surface area contributed by atoms with E-state index in [2.05, 4.69) is 41.3 Å². The van der Waals surface area contributed by atoms with Crippen LogP contribution in [0.5, 0.6) is 5.75 Å². The highest BCUT2D eigenvalue weighted by Crippen LogP contribution is 2.24. The van der Waals surface area contributed by atoms with Gasteiger partial charge < -0.3 is 10.5 Å². The van der Waals surface area contributed by atoms with E-state index in [1.165, 1.54) is 16.7 Å². The highest BCUT2D eigenvalue weighted by molar-refractivity contribution is 5.31. The highest BCUT2D eigenvalue weighted by Gasteiger charge is 2.23. The predicted molar refractivity (Wildman–Crippen MR) is 80.4 cm³/mol. The van der Waals surface area contributed by atoms with Crippen molar-refractivity contribution in [2.75, 3.05) is 7.11 Å². The molecule has 1 heterocycles. The number of methoxy groups -OCH3 is 1. The molecule has 0 spiro atoms. The first-order valence-corrected chi connectivity index (χ1v) is 6.95. The quantitative estimate of drug-likeness (QED) is 0.926. The Hall–Kier alpha value is -1.84. The van der Waals surface area contributed by atoms with Crippen LogP contribution in [0.3, 0.4) is 0 Å². The summed E-state index contributed by atoms with van der Waals surface area (Å²) in [5, 5.41) is 0. The number of rotatable bonds is 4. The predicted octanol–water partition coefficient (Wildman–Crippen LogP) is 2.54. The Labute approximate surface area is 120 Å². The average molecular weight is 268 g/mol. The lowest BCUT2D eigenvalue weighted by atomic mass is 10.1. The van der Waals surface area contributed by atoms with Crippen LogP contribution in [0, 0.1) is 0 Å². The molecule has 0 saturated heterocycles. The van der Waals surface area contributed by atoms with Gasteiger partial charge in [-0.2, -0.15) is 0 Å². The van der Waals surface area contributed by atoms with Crippen LogP contribution in [0.1, 0.15) is 16.7 Å². The molecule has 2 aromatic carbocycles. The molecule has 0 bridgehead atoms. The van der Waals surface area contributed by atoms with Crippen molar-refractivity contribution in [2.24, 2.45) is 5.73 Å². The molecule has 0 aromatic heterocycles. The highest BCUT2D eigenvalue weighted by atomic mass is 16.5. The fourth-order valence-electron chi connectivity index (χ4n) is 2.73. The monoisotopic (exact) mass is 268 g/mol. The molecule has 1 aliphatic rings. The zero-order valence-electron chi connectivity index (χ0n) is 11.8. The van der Waals surface area contributed by atoms with Gasteiger partial charge in [0.05, 0.1) is 13.3 Å². The minimum absolute atomic E-state index is 0.0517. The molecule has 20 heavy (non-hydrogen) atoms. The maximum absolute atomic E-state index is 6.36. The lowest BCUT2D eigenvalue weighted by Crippen LogP contribution is -2.40. The second-order valence-corrected chi connectivity index (χ2v) is 5.29. The summed E-state index contributed by atoms with van der Waals surface area (Å²) in [5.41, 5.74) is 10.4. The Balaban J connectivity index is 1.64. The van der Waals surface area contributed by atoms with E-state index in [-0.39, 0.29) is 6.17 Å². The van der Waals surface area contributed by atoms with Gasteiger partial charge in [-0.3, -0.25) is 4.90 Å². The van der Waals surface area contributed by atoms with E-state index in [4.69, 9.17) is 10.5 Å². The van der Waals surface area contributed by atoms with Crippen molar-refractivity contribution in [2.45, 2.75) is 25.7 Å². The summed E-state index contributed by atoms with van der Waals surface area (Å²) in [6.07, 6.45) is 0.911. The van der Waals surface area contributed by atoms with Crippen LogP contribution in [-0.4, -0.2) is 18.2 Å². The molecule has 0 fully saturated rings. The summed E-state index contributed by atoms with van der Waals surface area (Å²) in [6.45, 7) is 1.90.